The molecule has 0 unspecified atom stereocenters. The number of hydrogen-bond acceptors (Lipinski definition) is 4. The minimum atomic E-state index is 0.668. The van der Waals surface area contributed by atoms with E-state index in [0.717, 1.165) is 44.4 Å². The van der Waals surface area contributed by atoms with E-state index in [1.165, 1.54) is 24.2 Å². The maximum absolute atomic E-state index is 5.77. The van der Waals surface area contributed by atoms with Crippen LogP contribution < -0.4 is 15.4 Å². The van der Waals surface area contributed by atoms with E-state index >= 15 is 0 Å². The lowest BCUT2D eigenvalue weighted by molar-refractivity contribution is 0.281. The molecule has 0 heterocycles. The molecule has 5 nitrogen and oxygen atoms in total. The molecule has 6 heteroatoms. The molecule has 0 aliphatic heterocycles. The molecule has 0 spiro atoms. The van der Waals surface area contributed by atoms with Crippen molar-refractivity contribution in [2.75, 3.05) is 52.3 Å². The number of guanidine groups is 1. The molecule has 0 saturated heterocycles. The SMILES string of the molecule is CCNC(=NCc1ccc(OCCCN(C)C)cc1)NCCCCSC. The number of benzene rings is 1. The lowest BCUT2D eigenvalue weighted by atomic mass is 10.2. The minimum Gasteiger partial charge on any atom is -0.494 e. The Morgan fingerprint density at radius 1 is 1.12 bits per heavy atom. The van der Waals surface area contributed by atoms with Crippen LogP contribution >= 0.6 is 11.8 Å². The minimum absolute atomic E-state index is 0.668. The Bertz CT molecular complexity index is 491. The monoisotopic (exact) mass is 380 g/mol. The number of thioether (sulfide) groups is 1. The van der Waals surface area contributed by atoms with Crippen molar-refractivity contribution in [1.82, 2.24) is 15.5 Å². The molecule has 0 radical (unpaired) electrons. The van der Waals surface area contributed by atoms with Crippen molar-refractivity contribution in [2.24, 2.45) is 4.99 Å². The lowest BCUT2D eigenvalue weighted by Crippen LogP contribution is -2.37. The summed E-state index contributed by atoms with van der Waals surface area (Å²) in [5, 5.41) is 6.71. The summed E-state index contributed by atoms with van der Waals surface area (Å²) in [7, 11) is 4.16. The maximum atomic E-state index is 5.77. The smallest absolute Gasteiger partial charge is 0.191 e. The van der Waals surface area contributed by atoms with Gasteiger partial charge in [0.15, 0.2) is 5.96 Å². The van der Waals surface area contributed by atoms with Gasteiger partial charge >= 0.3 is 0 Å². The van der Waals surface area contributed by atoms with Crippen molar-refractivity contribution in [2.45, 2.75) is 32.7 Å². The highest BCUT2D eigenvalue weighted by atomic mass is 32.2. The van der Waals surface area contributed by atoms with Crippen LogP contribution in [0.4, 0.5) is 0 Å². The summed E-state index contributed by atoms with van der Waals surface area (Å²) in [6, 6.07) is 8.24. The van der Waals surface area contributed by atoms with Crippen LogP contribution in [0.1, 0.15) is 31.7 Å². The highest BCUT2D eigenvalue weighted by Crippen LogP contribution is 2.13. The van der Waals surface area contributed by atoms with Gasteiger partial charge in [-0.1, -0.05) is 12.1 Å². The molecule has 1 rings (SSSR count). The van der Waals surface area contributed by atoms with Crippen LogP contribution in [-0.2, 0) is 6.54 Å². The first kappa shape index (κ1) is 22.6. The van der Waals surface area contributed by atoms with E-state index in [2.05, 4.69) is 59.9 Å². The summed E-state index contributed by atoms with van der Waals surface area (Å²) in [6.45, 7) is 6.39. The Kier molecular flexibility index (Phi) is 12.8. The molecular weight excluding hydrogens is 344 g/mol. The van der Waals surface area contributed by atoms with Crippen molar-refractivity contribution in [1.29, 1.82) is 0 Å². The Labute approximate surface area is 164 Å². The number of unbranched alkanes of at least 4 members (excludes halogenated alkanes) is 1. The average Bonchev–Trinajstić information content (AvgIpc) is 2.64. The zero-order valence-electron chi connectivity index (χ0n) is 16.9. The van der Waals surface area contributed by atoms with Crippen LogP contribution in [0.25, 0.3) is 0 Å². The summed E-state index contributed by atoms with van der Waals surface area (Å²) in [6.07, 6.45) is 5.60. The fourth-order valence-corrected chi connectivity index (χ4v) is 2.84. The fraction of sp³-hybridized carbons (Fsp3) is 0.650. The molecule has 148 valence electrons. The molecule has 0 atom stereocenters. The fourth-order valence-electron chi connectivity index (χ4n) is 2.35. The summed E-state index contributed by atoms with van der Waals surface area (Å²) in [4.78, 5) is 6.84. The number of nitrogens with one attached hydrogen (secondary N) is 2. The molecule has 0 fully saturated rings. The molecule has 26 heavy (non-hydrogen) atoms. The first-order valence-electron chi connectivity index (χ1n) is 9.53. The van der Waals surface area contributed by atoms with Crippen molar-refractivity contribution in [3.05, 3.63) is 29.8 Å². The third kappa shape index (κ3) is 11.3. The van der Waals surface area contributed by atoms with Crippen LogP contribution in [0.3, 0.4) is 0 Å². The second kappa shape index (κ2) is 14.7. The molecule has 0 amide bonds. The Balaban J connectivity index is 2.38. The van der Waals surface area contributed by atoms with E-state index < -0.39 is 0 Å². The third-order valence-corrected chi connectivity index (χ3v) is 4.47. The molecule has 0 aromatic heterocycles. The molecule has 2 N–H and O–H groups in total. The first-order chi connectivity index (χ1) is 12.7. The second-order valence-electron chi connectivity index (χ2n) is 6.47. The Hall–Kier alpha value is -1.40. The zero-order valence-corrected chi connectivity index (χ0v) is 17.7. The number of hydrogen-bond donors (Lipinski definition) is 2. The van der Waals surface area contributed by atoms with Gasteiger partial charge in [-0.2, -0.15) is 11.8 Å². The molecule has 0 saturated carbocycles. The van der Waals surface area contributed by atoms with E-state index in [1.807, 2.05) is 23.9 Å². The predicted octanol–water partition coefficient (Wildman–Crippen LogP) is 3.22. The van der Waals surface area contributed by atoms with Gasteiger partial charge in [-0.05, 0) is 70.0 Å². The zero-order chi connectivity index (χ0) is 19.0. The number of nitrogens with zero attached hydrogens (tertiary/aromatic N) is 2. The van der Waals surface area contributed by atoms with Crippen LogP contribution in [0.15, 0.2) is 29.3 Å². The van der Waals surface area contributed by atoms with Crippen molar-refractivity contribution in [3.8, 4) is 5.75 Å². The largest absolute Gasteiger partial charge is 0.494 e. The number of rotatable bonds is 13. The van der Waals surface area contributed by atoms with Crippen molar-refractivity contribution < 1.29 is 4.74 Å². The van der Waals surface area contributed by atoms with Crippen molar-refractivity contribution >= 4 is 17.7 Å². The summed E-state index contributed by atoms with van der Waals surface area (Å²) >= 11 is 1.90. The predicted molar refractivity (Wildman–Crippen MR) is 116 cm³/mol. The van der Waals surface area contributed by atoms with Gasteiger partial charge in [0.25, 0.3) is 0 Å². The van der Waals surface area contributed by atoms with Crippen molar-refractivity contribution in [3.63, 3.8) is 0 Å². The standard InChI is InChI=1S/C20H36N4OS/c1-5-21-20(22-13-6-7-16-26-4)23-17-18-9-11-19(12-10-18)25-15-8-14-24(2)3/h9-12H,5-8,13-17H2,1-4H3,(H2,21,22,23). The number of ether oxygens (including phenoxy) is 1. The maximum Gasteiger partial charge on any atom is 0.191 e. The molecule has 1 aromatic carbocycles. The summed E-state index contributed by atoms with van der Waals surface area (Å²) in [5.74, 6) is 3.04. The summed E-state index contributed by atoms with van der Waals surface area (Å²) < 4.78 is 5.77. The quantitative estimate of drug-likeness (QED) is 0.313. The van der Waals surface area contributed by atoms with E-state index in [-0.39, 0.29) is 0 Å². The molecule has 0 bridgehead atoms. The van der Waals surface area contributed by atoms with E-state index in [9.17, 15) is 0 Å². The Morgan fingerprint density at radius 3 is 2.54 bits per heavy atom. The van der Waals surface area contributed by atoms with Crippen LogP contribution in [-0.4, -0.2) is 63.2 Å². The van der Waals surface area contributed by atoms with Crippen LogP contribution in [0.5, 0.6) is 5.75 Å². The van der Waals surface area contributed by atoms with Gasteiger partial charge in [-0.15, -0.1) is 0 Å². The van der Waals surface area contributed by atoms with Gasteiger partial charge in [-0.3, -0.25) is 0 Å². The lowest BCUT2D eigenvalue weighted by Gasteiger charge is -2.12. The molecule has 0 aliphatic rings. The molecule has 0 aliphatic carbocycles. The Morgan fingerprint density at radius 2 is 1.88 bits per heavy atom. The number of aliphatic imine (C=N–C) groups is 1. The van der Waals surface area contributed by atoms with Gasteiger partial charge in [-0.25, -0.2) is 4.99 Å². The molecular formula is C20H36N4OS. The average molecular weight is 381 g/mol. The van der Waals surface area contributed by atoms with Gasteiger partial charge < -0.3 is 20.3 Å². The highest BCUT2D eigenvalue weighted by molar-refractivity contribution is 7.98. The van der Waals surface area contributed by atoms with E-state index in [0.29, 0.717) is 6.54 Å². The second-order valence-corrected chi connectivity index (χ2v) is 7.46. The normalized spacial score (nSPS) is 11.7. The topological polar surface area (TPSA) is 48.9 Å². The van der Waals surface area contributed by atoms with E-state index in [4.69, 9.17) is 4.74 Å². The van der Waals surface area contributed by atoms with Crippen LogP contribution in [0, 0.1) is 0 Å². The van der Waals surface area contributed by atoms with Gasteiger partial charge in [0.2, 0.25) is 0 Å². The van der Waals surface area contributed by atoms with Gasteiger partial charge in [0, 0.05) is 19.6 Å². The van der Waals surface area contributed by atoms with Gasteiger partial charge in [0.1, 0.15) is 5.75 Å². The van der Waals surface area contributed by atoms with Crippen LogP contribution in [0.2, 0.25) is 0 Å². The molecule has 1 aromatic rings. The highest BCUT2D eigenvalue weighted by Gasteiger charge is 1.99. The third-order valence-electron chi connectivity index (χ3n) is 3.77. The van der Waals surface area contributed by atoms with E-state index in [1.54, 1.807) is 0 Å². The van der Waals surface area contributed by atoms with Gasteiger partial charge in [0.05, 0.1) is 13.2 Å². The summed E-state index contributed by atoms with van der Waals surface area (Å²) in [5.41, 5.74) is 1.19. The first-order valence-corrected chi connectivity index (χ1v) is 10.9.